The van der Waals surface area contributed by atoms with E-state index in [9.17, 15) is 4.79 Å². The monoisotopic (exact) mass is 337 g/mol. The molecule has 0 radical (unpaired) electrons. The van der Waals surface area contributed by atoms with Crippen LogP contribution < -0.4 is 5.32 Å². The van der Waals surface area contributed by atoms with Crippen molar-refractivity contribution < 1.29 is 4.79 Å². The van der Waals surface area contributed by atoms with Crippen molar-refractivity contribution in [1.29, 1.82) is 0 Å². The Morgan fingerprint density at radius 2 is 2.27 bits per heavy atom. The molecular weight excluding hydrogens is 321 g/mol. The summed E-state index contributed by atoms with van der Waals surface area (Å²) in [6, 6.07) is 1.92. The molecule has 0 bridgehead atoms. The smallest absolute Gasteiger partial charge is 0.252 e. The molecule has 84 valence electrons. The highest BCUT2D eigenvalue weighted by Gasteiger charge is 2.20. The summed E-state index contributed by atoms with van der Waals surface area (Å²) in [4.78, 5) is 11.8. The SMILES string of the molecule is CCCC(C)(C)NC(=O)c1csc(I)c1. The van der Waals surface area contributed by atoms with Gasteiger partial charge in [-0.25, -0.2) is 0 Å². The van der Waals surface area contributed by atoms with E-state index in [0.29, 0.717) is 0 Å². The number of hydrogen-bond acceptors (Lipinski definition) is 2. The minimum atomic E-state index is -0.112. The van der Waals surface area contributed by atoms with Crippen LogP contribution in [0.25, 0.3) is 0 Å². The first-order valence-corrected chi connectivity index (χ1v) is 6.97. The normalized spacial score (nSPS) is 11.5. The lowest BCUT2D eigenvalue weighted by molar-refractivity contribution is 0.0909. The first-order chi connectivity index (χ1) is 6.94. The van der Waals surface area contributed by atoms with Gasteiger partial charge in [-0.05, 0) is 48.9 Å². The largest absolute Gasteiger partial charge is 0.347 e. The van der Waals surface area contributed by atoms with E-state index in [0.717, 1.165) is 21.3 Å². The molecule has 1 aromatic rings. The van der Waals surface area contributed by atoms with Crippen LogP contribution in [0.2, 0.25) is 0 Å². The molecule has 0 aromatic carbocycles. The Balaban J connectivity index is 2.63. The van der Waals surface area contributed by atoms with Crippen LogP contribution >= 0.6 is 33.9 Å². The molecule has 0 aliphatic heterocycles. The molecule has 4 heteroatoms. The average molecular weight is 337 g/mol. The zero-order valence-corrected chi connectivity index (χ0v) is 12.2. The van der Waals surface area contributed by atoms with Gasteiger partial charge in [-0.2, -0.15) is 0 Å². The minimum Gasteiger partial charge on any atom is -0.347 e. The summed E-state index contributed by atoms with van der Waals surface area (Å²) in [6.45, 7) is 6.25. The summed E-state index contributed by atoms with van der Waals surface area (Å²) >= 11 is 3.82. The highest BCUT2D eigenvalue weighted by molar-refractivity contribution is 14.1. The third kappa shape index (κ3) is 4.10. The van der Waals surface area contributed by atoms with Crippen molar-refractivity contribution in [2.75, 3.05) is 0 Å². The fourth-order valence-electron chi connectivity index (χ4n) is 1.50. The molecule has 1 rings (SSSR count). The standard InChI is InChI=1S/C11H16INOS/c1-4-5-11(2,3)13-10(14)8-6-9(12)15-7-8/h6-7H,4-5H2,1-3H3,(H,13,14). The molecule has 1 aromatic heterocycles. The molecule has 0 saturated carbocycles. The van der Waals surface area contributed by atoms with Gasteiger partial charge in [0.15, 0.2) is 0 Å². The Morgan fingerprint density at radius 1 is 1.60 bits per heavy atom. The second-order valence-corrected chi connectivity index (χ2v) is 7.03. The summed E-state index contributed by atoms with van der Waals surface area (Å²) < 4.78 is 1.14. The number of hydrogen-bond donors (Lipinski definition) is 1. The van der Waals surface area contributed by atoms with Crippen molar-refractivity contribution in [2.45, 2.75) is 39.2 Å². The van der Waals surface area contributed by atoms with Gasteiger partial charge in [0.2, 0.25) is 0 Å². The second-order valence-electron chi connectivity index (χ2n) is 4.23. The van der Waals surface area contributed by atoms with Gasteiger partial charge in [0.25, 0.3) is 5.91 Å². The van der Waals surface area contributed by atoms with Gasteiger partial charge in [-0.1, -0.05) is 13.3 Å². The molecule has 1 N–H and O–H groups in total. The van der Waals surface area contributed by atoms with Crippen LogP contribution in [0.4, 0.5) is 0 Å². The van der Waals surface area contributed by atoms with Crippen molar-refractivity contribution in [1.82, 2.24) is 5.32 Å². The Hall–Kier alpha value is -0.100. The molecule has 0 saturated heterocycles. The topological polar surface area (TPSA) is 29.1 Å². The molecule has 1 heterocycles. The molecule has 1 amide bonds. The summed E-state index contributed by atoms with van der Waals surface area (Å²) in [6.07, 6.45) is 2.08. The fraction of sp³-hybridized carbons (Fsp3) is 0.545. The van der Waals surface area contributed by atoms with Gasteiger partial charge in [0, 0.05) is 10.9 Å². The molecule has 2 nitrogen and oxygen atoms in total. The third-order valence-corrected chi connectivity index (χ3v) is 3.95. The van der Waals surface area contributed by atoms with Gasteiger partial charge in [0.05, 0.1) is 8.45 Å². The zero-order chi connectivity index (χ0) is 11.5. The number of thiophene rings is 1. The van der Waals surface area contributed by atoms with Crippen molar-refractivity contribution >= 4 is 39.8 Å². The number of rotatable bonds is 4. The maximum absolute atomic E-state index is 11.8. The molecule has 0 atom stereocenters. The van der Waals surface area contributed by atoms with Crippen LogP contribution in [0.15, 0.2) is 11.4 Å². The van der Waals surface area contributed by atoms with Crippen LogP contribution in [0.1, 0.15) is 44.0 Å². The van der Waals surface area contributed by atoms with Gasteiger partial charge in [0.1, 0.15) is 0 Å². The van der Waals surface area contributed by atoms with Crippen LogP contribution in [0.3, 0.4) is 0 Å². The number of amides is 1. The van der Waals surface area contributed by atoms with E-state index in [4.69, 9.17) is 0 Å². The van der Waals surface area contributed by atoms with E-state index >= 15 is 0 Å². The fourth-order valence-corrected chi connectivity index (χ4v) is 2.82. The lowest BCUT2D eigenvalue weighted by Gasteiger charge is -2.25. The van der Waals surface area contributed by atoms with Crippen molar-refractivity contribution in [3.8, 4) is 0 Å². The molecule has 0 unspecified atom stereocenters. The lowest BCUT2D eigenvalue weighted by Crippen LogP contribution is -2.43. The Bertz CT molecular complexity index is 346. The van der Waals surface area contributed by atoms with Gasteiger partial charge in [-0.3, -0.25) is 4.79 Å². The molecule has 0 aliphatic rings. The van der Waals surface area contributed by atoms with E-state index in [1.807, 2.05) is 11.4 Å². The molecule has 15 heavy (non-hydrogen) atoms. The van der Waals surface area contributed by atoms with Crippen LogP contribution in [-0.2, 0) is 0 Å². The highest BCUT2D eigenvalue weighted by atomic mass is 127. The van der Waals surface area contributed by atoms with E-state index in [-0.39, 0.29) is 11.4 Å². The van der Waals surface area contributed by atoms with Crippen molar-refractivity contribution in [3.05, 3.63) is 19.9 Å². The Kier molecular flexibility index (Phi) is 4.58. The first-order valence-electron chi connectivity index (χ1n) is 5.01. The van der Waals surface area contributed by atoms with Crippen LogP contribution in [0.5, 0.6) is 0 Å². The zero-order valence-electron chi connectivity index (χ0n) is 9.26. The van der Waals surface area contributed by atoms with Crippen LogP contribution in [0, 0.1) is 2.88 Å². The first kappa shape index (κ1) is 13.0. The van der Waals surface area contributed by atoms with E-state index in [1.54, 1.807) is 11.3 Å². The lowest BCUT2D eigenvalue weighted by atomic mass is 9.98. The van der Waals surface area contributed by atoms with E-state index in [1.165, 1.54) is 0 Å². The molecule has 0 aliphatic carbocycles. The average Bonchev–Trinajstić information content (AvgIpc) is 2.50. The van der Waals surface area contributed by atoms with Gasteiger partial charge < -0.3 is 5.32 Å². The number of halogens is 1. The Morgan fingerprint density at radius 3 is 2.73 bits per heavy atom. The number of nitrogens with one attached hydrogen (secondary N) is 1. The number of carbonyl (C=O) groups excluding carboxylic acids is 1. The van der Waals surface area contributed by atoms with Gasteiger partial charge in [-0.15, -0.1) is 11.3 Å². The summed E-state index contributed by atoms with van der Waals surface area (Å²) in [7, 11) is 0. The van der Waals surface area contributed by atoms with E-state index < -0.39 is 0 Å². The maximum atomic E-state index is 11.8. The predicted octanol–water partition coefficient (Wildman–Crippen LogP) is 3.66. The van der Waals surface area contributed by atoms with E-state index in [2.05, 4.69) is 48.7 Å². The van der Waals surface area contributed by atoms with Crippen LogP contribution in [-0.4, -0.2) is 11.4 Å². The quantitative estimate of drug-likeness (QED) is 0.835. The minimum absolute atomic E-state index is 0.0348. The van der Waals surface area contributed by atoms with Crippen molar-refractivity contribution in [3.63, 3.8) is 0 Å². The number of carbonyl (C=O) groups is 1. The predicted molar refractivity (Wildman–Crippen MR) is 73.5 cm³/mol. The molecular formula is C11H16INOS. The highest BCUT2D eigenvalue weighted by Crippen LogP contribution is 2.18. The third-order valence-electron chi connectivity index (χ3n) is 2.16. The summed E-state index contributed by atoms with van der Waals surface area (Å²) in [5.41, 5.74) is 0.660. The summed E-state index contributed by atoms with van der Waals surface area (Å²) in [5.74, 6) is 0.0348. The maximum Gasteiger partial charge on any atom is 0.252 e. The Labute approximate surface area is 109 Å². The summed E-state index contributed by atoms with van der Waals surface area (Å²) in [5, 5.41) is 4.95. The second kappa shape index (κ2) is 5.30. The van der Waals surface area contributed by atoms with Gasteiger partial charge >= 0.3 is 0 Å². The molecule has 0 fully saturated rings. The molecule has 0 spiro atoms. The van der Waals surface area contributed by atoms with Crippen molar-refractivity contribution in [2.24, 2.45) is 0 Å².